The highest BCUT2D eigenvalue weighted by Crippen LogP contribution is 2.07. The van der Waals surface area contributed by atoms with Gasteiger partial charge in [0.05, 0.1) is 0 Å². The van der Waals surface area contributed by atoms with Crippen LogP contribution in [0.4, 0.5) is 0 Å². The maximum absolute atomic E-state index is 11.5. The van der Waals surface area contributed by atoms with Crippen LogP contribution in [0.15, 0.2) is 18.3 Å². The lowest BCUT2D eigenvalue weighted by Crippen LogP contribution is -2.47. The normalized spacial score (nSPS) is 11.9. The summed E-state index contributed by atoms with van der Waals surface area (Å²) in [6.45, 7) is 2.10. The molecule has 0 unspecified atom stereocenters. The largest absolute Gasteiger partial charge is 0.372 e. The Hall–Kier alpha value is -1.66. The maximum Gasteiger partial charge on any atom is 0.246 e. The van der Waals surface area contributed by atoms with Crippen LogP contribution in [0.1, 0.15) is 12.5 Å². The Morgan fingerprint density at radius 2 is 2.26 bits per heavy atom. The number of pyridine rings is 1. The molecule has 1 atom stereocenters. The summed E-state index contributed by atoms with van der Waals surface area (Å²) >= 11 is 5.66. The topological polar surface area (TPSA) is 94.3 Å². The third kappa shape index (κ3) is 5.67. The van der Waals surface area contributed by atoms with Gasteiger partial charge in [-0.05, 0) is 18.6 Å². The molecular formula is C12H16ClN3O3. The van der Waals surface area contributed by atoms with Gasteiger partial charge in [0.2, 0.25) is 11.8 Å². The zero-order valence-electron chi connectivity index (χ0n) is 10.6. The number of hydrogen-bond donors (Lipinski definition) is 2. The lowest BCUT2D eigenvalue weighted by molar-refractivity contribution is -0.130. The van der Waals surface area contributed by atoms with Crippen molar-refractivity contribution < 1.29 is 14.3 Å². The van der Waals surface area contributed by atoms with Crippen molar-refractivity contribution in [1.29, 1.82) is 0 Å². The smallest absolute Gasteiger partial charge is 0.246 e. The van der Waals surface area contributed by atoms with Gasteiger partial charge in [-0.1, -0.05) is 17.7 Å². The Morgan fingerprint density at radius 3 is 2.79 bits per heavy atom. The van der Waals surface area contributed by atoms with E-state index in [0.717, 1.165) is 5.56 Å². The predicted molar refractivity (Wildman–Crippen MR) is 70.6 cm³/mol. The van der Waals surface area contributed by atoms with E-state index in [9.17, 15) is 9.59 Å². The minimum Gasteiger partial charge on any atom is -0.372 e. The van der Waals surface area contributed by atoms with Crippen molar-refractivity contribution in [2.75, 3.05) is 13.2 Å². The van der Waals surface area contributed by atoms with Crippen molar-refractivity contribution in [3.8, 4) is 0 Å². The number of ether oxygens (including phenoxy) is 1. The summed E-state index contributed by atoms with van der Waals surface area (Å²) in [5.74, 6) is -0.993. The molecule has 7 heteroatoms. The molecule has 1 aromatic heterocycles. The van der Waals surface area contributed by atoms with Gasteiger partial charge in [-0.25, -0.2) is 4.98 Å². The van der Waals surface area contributed by atoms with Gasteiger partial charge in [0.1, 0.15) is 17.8 Å². The summed E-state index contributed by atoms with van der Waals surface area (Å²) in [4.78, 5) is 26.7. The zero-order chi connectivity index (χ0) is 14.3. The summed E-state index contributed by atoms with van der Waals surface area (Å²) in [5.41, 5.74) is 6.01. The lowest BCUT2D eigenvalue weighted by Gasteiger charge is -2.15. The van der Waals surface area contributed by atoms with E-state index in [1.54, 1.807) is 19.1 Å². The summed E-state index contributed by atoms with van der Waals surface area (Å²) in [5, 5.41) is 2.88. The third-order valence-electron chi connectivity index (χ3n) is 2.34. The van der Waals surface area contributed by atoms with Crippen molar-refractivity contribution in [3.05, 3.63) is 29.0 Å². The SMILES string of the molecule is CCOCC(=O)N[C@@H](Cc1ccc(Cl)nc1)C(N)=O. The first-order chi connectivity index (χ1) is 9.02. The molecule has 0 aliphatic rings. The molecule has 0 spiro atoms. The highest BCUT2D eigenvalue weighted by molar-refractivity contribution is 6.29. The molecule has 6 nitrogen and oxygen atoms in total. The summed E-state index contributed by atoms with van der Waals surface area (Å²) in [7, 11) is 0. The number of hydrogen-bond acceptors (Lipinski definition) is 4. The molecule has 1 rings (SSSR count). The highest BCUT2D eigenvalue weighted by Gasteiger charge is 2.18. The maximum atomic E-state index is 11.5. The van der Waals surface area contributed by atoms with Crippen LogP contribution in [0.3, 0.4) is 0 Å². The molecule has 0 aliphatic carbocycles. The Balaban J connectivity index is 2.60. The van der Waals surface area contributed by atoms with Gasteiger partial charge in [-0.3, -0.25) is 9.59 Å². The fourth-order valence-electron chi connectivity index (χ4n) is 1.42. The van der Waals surface area contributed by atoms with Crippen molar-refractivity contribution in [1.82, 2.24) is 10.3 Å². The standard InChI is InChI=1S/C12H16ClN3O3/c1-2-19-7-11(17)16-9(12(14)18)5-8-3-4-10(13)15-6-8/h3-4,6,9H,2,5,7H2,1H3,(H2,14,18)(H,16,17)/t9-/m0/s1. The number of nitrogens with one attached hydrogen (secondary N) is 1. The Bertz CT molecular complexity index is 436. The molecule has 0 saturated heterocycles. The van der Waals surface area contributed by atoms with E-state index in [0.29, 0.717) is 11.8 Å². The van der Waals surface area contributed by atoms with Gasteiger partial charge in [0.25, 0.3) is 0 Å². The highest BCUT2D eigenvalue weighted by atomic mass is 35.5. The summed E-state index contributed by atoms with van der Waals surface area (Å²) in [6.07, 6.45) is 1.80. The summed E-state index contributed by atoms with van der Waals surface area (Å²) in [6, 6.07) is 2.53. The molecule has 0 aliphatic heterocycles. The third-order valence-corrected chi connectivity index (χ3v) is 2.57. The average molecular weight is 286 g/mol. The molecule has 2 amide bonds. The van der Waals surface area contributed by atoms with Crippen LogP contribution < -0.4 is 11.1 Å². The first kappa shape index (κ1) is 15.4. The number of nitrogens with two attached hydrogens (primary N) is 1. The van der Waals surface area contributed by atoms with Crippen molar-refractivity contribution in [3.63, 3.8) is 0 Å². The Kier molecular flexibility index (Phi) is 6.24. The monoisotopic (exact) mass is 285 g/mol. The number of nitrogens with zero attached hydrogens (tertiary/aromatic N) is 1. The molecule has 104 valence electrons. The van der Waals surface area contributed by atoms with Gasteiger partial charge in [0, 0.05) is 19.2 Å². The van der Waals surface area contributed by atoms with E-state index < -0.39 is 11.9 Å². The van der Waals surface area contributed by atoms with E-state index in [1.165, 1.54) is 6.20 Å². The minimum absolute atomic E-state index is 0.0981. The van der Waals surface area contributed by atoms with E-state index in [4.69, 9.17) is 22.1 Å². The number of carbonyl (C=O) groups excluding carboxylic acids is 2. The fourth-order valence-corrected chi connectivity index (χ4v) is 1.53. The van der Waals surface area contributed by atoms with Gasteiger partial charge < -0.3 is 15.8 Å². The first-order valence-electron chi connectivity index (χ1n) is 5.79. The number of primary amides is 1. The van der Waals surface area contributed by atoms with Crippen molar-refractivity contribution >= 4 is 23.4 Å². The summed E-state index contributed by atoms with van der Waals surface area (Å²) < 4.78 is 4.95. The lowest BCUT2D eigenvalue weighted by atomic mass is 10.1. The van der Waals surface area contributed by atoms with Gasteiger partial charge >= 0.3 is 0 Å². The van der Waals surface area contributed by atoms with Crippen LogP contribution in [0, 0.1) is 0 Å². The number of amides is 2. The quantitative estimate of drug-likeness (QED) is 0.704. The molecule has 0 bridgehead atoms. The number of carbonyl (C=O) groups is 2. The molecule has 3 N–H and O–H groups in total. The fraction of sp³-hybridized carbons (Fsp3) is 0.417. The van der Waals surface area contributed by atoms with E-state index in [-0.39, 0.29) is 18.9 Å². The first-order valence-corrected chi connectivity index (χ1v) is 6.17. The number of rotatable bonds is 7. The molecule has 0 saturated carbocycles. The zero-order valence-corrected chi connectivity index (χ0v) is 11.3. The van der Waals surface area contributed by atoms with E-state index in [2.05, 4.69) is 10.3 Å². The average Bonchev–Trinajstić information content (AvgIpc) is 2.38. The van der Waals surface area contributed by atoms with Crippen LogP contribution in [0.25, 0.3) is 0 Å². The number of aromatic nitrogens is 1. The van der Waals surface area contributed by atoms with Gasteiger partial charge in [-0.15, -0.1) is 0 Å². The van der Waals surface area contributed by atoms with Gasteiger partial charge in [0.15, 0.2) is 0 Å². The second-order valence-corrected chi connectivity index (χ2v) is 4.24. The molecule has 1 aromatic rings. The van der Waals surface area contributed by atoms with Crippen LogP contribution >= 0.6 is 11.6 Å². The van der Waals surface area contributed by atoms with Crippen molar-refractivity contribution in [2.45, 2.75) is 19.4 Å². The predicted octanol–water partition coefficient (Wildman–Crippen LogP) is 0.284. The molecular weight excluding hydrogens is 270 g/mol. The Labute approximate surface area is 116 Å². The van der Waals surface area contributed by atoms with Crippen molar-refractivity contribution in [2.24, 2.45) is 5.73 Å². The second kappa shape index (κ2) is 7.70. The second-order valence-electron chi connectivity index (χ2n) is 3.85. The van der Waals surface area contributed by atoms with Gasteiger partial charge in [-0.2, -0.15) is 0 Å². The molecule has 0 fully saturated rings. The molecule has 19 heavy (non-hydrogen) atoms. The Morgan fingerprint density at radius 1 is 1.53 bits per heavy atom. The minimum atomic E-state index is -0.795. The van der Waals surface area contributed by atoms with Crippen LogP contribution in [0.2, 0.25) is 5.15 Å². The van der Waals surface area contributed by atoms with E-state index >= 15 is 0 Å². The molecule has 0 aromatic carbocycles. The molecule has 1 heterocycles. The number of halogens is 1. The molecule has 0 radical (unpaired) electrons. The van der Waals surface area contributed by atoms with Crippen LogP contribution in [0.5, 0.6) is 0 Å². The van der Waals surface area contributed by atoms with Crippen LogP contribution in [-0.4, -0.2) is 36.1 Å². The van der Waals surface area contributed by atoms with E-state index in [1.807, 2.05) is 0 Å². The van der Waals surface area contributed by atoms with Crippen LogP contribution in [-0.2, 0) is 20.7 Å².